The Kier molecular flexibility index (Phi) is 6.14. The highest BCUT2D eigenvalue weighted by Crippen LogP contribution is 2.27. The molecule has 1 N–H and O–H groups in total. The van der Waals surface area contributed by atoms with Gasteiger partial charge >= 0.3 is 0 Å². The number of amides is 1. The summed E-state index contributed by atoms with van der Waals surface area (Å²) in [6.45, 7) is 7.28. The number of methoxy groups -OCH3 is 1. The van der Waals surface area contributed by atoms with Crippen molar-refractivity contribution in [3.05, 3.63) is 40.6 Å². The third kappa shape index (κ3) is 4.59. The van der Waals surface area contributed by atoms with Crippen molar-refractivity contribution in [1.82, 2.24) is 10.1 Å². The van der Waals surface area contributed by atoms with Crippen molar-refractivity contribution < 1.29 is 18.8 Å². The molecule has 1 amide bonds. The molecule has 0 unspecified atom stereocenters. The Morgan fingerprint density at radius 3 is 2.57 bits per heavy atom. The van der Waals surface area contributed by atoms with Crippen LogP contribution in [0.25, 0.3) is 0 Å². The summed E-state index contributed by atoms with van der Waals surface area (Å²) in [4.78, 5) is 27.3. The molecule has 7 heteroatoms. The summed E-state index contributed by atoms with van der Waals surface area (Å²) in [6.07, 6.45) is 1.73. The second kappa shape index (κ2) is 8.56. The van der Waals surface area contributed by atoms with E-state index in [1.165, 1.54) is 0 Å². The second-order valence-corrected chi connectivity index (χ2v) is 7.45. The van der Waals surface area contributed by atoms with Gasteiger partial charge in [0.25, 0.3) is 0 Å². The van der Waals surface area contributed by atoms with Crippen LogP contribution in [0.4, 0.5) is 5.82 Å². The van der Waals surface area contributed by atoms with Crippen molar-refractivity contribution in [3.8, 4) is 5.75 Å². The molecule has 1 atom stereocenters. The predicted molar refractivity (Wildman–Crippen MR) is 106 cm³/mol. The number of nitrogens with one attached hydrogen (secondary N) is 1. The minimum atomic E-state index is -0.155. The molecule has 0 radical (unpaired) electrons. The number of aromatic nitrogens is 1. The average molecular weight is 385 g/mol. The number of hydrogen-bond donors (Lipinski definition) is 1. The fraction of sp³-hybridized carbons (Fsp3) is 0.476. The van der Waals surface area contributed by atoms with Crippen molar-refractivity contribution in [2.45, 2.75) is 33.6 Å². The number of Topliss-reactive ketones (excluding diaryl/α,β-unsaturated/α-hetero) is 1. The molecule has 1 fully saturated rings. The normalized spacial score (nSPS) is 17.4. The monoisotopic (exact) mass is 385 g/mol. The third-order valence-electron chi connectivity index (χ3n) is 5.09. The van der Waals surface area contributed by atoms with E-state index in [9.17, 15) is 9.59 Å². The van der Waals surface area contributed by atoms with Gasteiger partial charge in [-0.3, -0.25) is 14.5 Å². The smallest absolute Gasteiger partial charge is 0.239 e. The standard InChI is InChI=1S/C21H27N3O4/c1-13-8-17(9-14(2)21(13)27-4)20(26)16-6-5-7-24(11-16)12-19(25)22-18-10-15(3)28-23-18/h8-10,16H,5-7,11-12H2,1-4H3,(H,22,23,25)/t16-/m1/s1. The van der Waals surface area contributed by atoms with Crippen LogP contribution in [0.1, 0.15) is 40.1 Å². The number of aryl methyl sites for hydroxylation is 3. The van der Waals surface area contributed by atoms with E-state index in [4.69, 9.17) is 9.26 Å². The van der Waals surface area contributed by atoms with Crippen molar-refractivity contribution in [2.24, 2.45) is 5.92 Å². The lowest BCUT2D eigenvalue weighted by Crippen LogP contribution is -2.42. The van der Waals surface area contributed by atoms with Gasteiger partial charge < -0.3 is 14.6 Å². The van der Waals surface area contributed by atoms with E-state index in [-0.39, 0.29) is 24.2 Å². The highest BCUT2D eigenvalue weighted by molar-refractivity contribution is 5.98. The predicted octanol–water partition coefficient (Wildman–Crippen LogP) is 3.14. The van der Waals surface area contributed by atoms with Crippen LogP contribution in [0.15, 0.2) is 22.7 Å². The van der Waals surface area contributed by atoms with Crippen LogP contribution in [0.3, 0.4) is 0 Å². The number of ether oxygens (including phenoxy) is 1. The zero-order valence-electron chi connectivity index (χ0n) is 16.9. The SMILES string of the molecule is COc1c(C)cc(C(=O)[C@@H]2CCCN(CC(=O)Nc3cc(C)on3)C2)cc1C. The maximum atomic E-state index is 13.0. The fourth-order valence-corrected chi connectivity index (χ4v) is 3.87. The molecule has 0 aliphatic carbocycles. The number of piperidine rings is 1. The summed E-state index contributed by atoms with van der Waals surface area (Å²) in [5.74, 6) is 1.74. The lowest BCUT2D eigenvalue weighted by atomic mass is 9.88. The van der Waals surface area contributed by atoms with Gasteiger partial charge in [0, 0.05) is 24.1 Å². The summed E-state index contributed by atoms with van der Waals surface area (Å²) < 4.78 is 10.3. The van der Waals surface area contributed by atoms with Gasteiger partial charge in [-0.2, -0.15) is 0 Å². The number of rotatable bonds is 6. The molecule has 3 rings (SSSR count). The molecule has 0 spiro atoms. The number of ketones is 1. The molecule has 150 valence electrons. The van der Waals surface area contributed by atoms with Gasteiger partial charge in [-0.25, -0.2) is 0 Å². The van der Waals surface area contributed by atoms with E-state index in [1.54, 1.807) is 20.1 Å². The Balaban J connectivity index is 1.62. The molecule has 1 aromatic heterocycles. The maximum Gasteiger partial charge on any atom is 0.239 e. The Hall–Kier alpha value is -2.67. The summed E-state index contributed by atoms with van der Waals surface area (Å²) >= 11 is 0. The molecule has 7 nitrogen and oxygen atoms in total. The summed E-state index contributed by atoms with van der Waals surface area (Å²) in [5.41, 5.74) is 2.63. The summed E-state index contributed by atoms with van der Waals surface area (Å²) in [5, 5.41) is 6.50. The lowest BCUT2D eigenvalue weighted by Gasteiger charge is -2.31. The first-order valence-corrected chi connectivity index (χ1v) is 9.52. The molecule has 2 heterocycles. The number of hydrogen-bond acceptors (Lipinski definition) is 6. The van der Waals surface area contributed by atoms with E-state index in [0.717, 1.165) is 36.3 Å². The van der Waals surface area contributed by atoms with Crippen LogP contribution in [0, 0.1) is 26.7 Å². The van der Waals surface area contributed by atoms with Crippen molar-refractivity contribution in [1.29, 1.82) is 0 Å². The number of benzene rings is 1. The van der Waals surface area contributed by atoms with Crippen molar-refractivity contribution >= 4 is 17.5 Å². The molecule has 1 aliphatic heterocycles. The van der Waals surface area contributed by atoms with Gasteiger partial charge in [-0.1, -0.05) is 5.16 Å². The van der Waals surface area contributed by atoms with Gasteiger partial charge in [0.2, 0.25) is 5.91 Å². The van der Waals surface area contributed by atoms with Crippen LogP contribution in [0.2, 0.25) is 0 Å². The van der Waals surface area contributed by atoms with Crippen molar-refractivity contribution in [3.63, 3.8) is 0 Å². The molecular formula is C21H27N3O4. The number of nitrogens with zero attached hydrogens (tertiary/aromatic N) is 2. The number of anilines is 1. The van der Waals surface area contributed by atoms with E-state index >= 15 is 0 Å². The Morgan fingerprint density at radius 1 is 1.25 bits per heavy atom. The van der Waals surface area contributed by atoms with Gasteiger partial charge in [-0.05, 0) is 63.4 Å². The molecule has 0 saturated carbocycles. The summed E-state index contributed by atoms with van der Waals surface area (Å²) in [6, 6.07) is 5.47. The zero-order chi connectivity index (χ0) is 20.3. The van der Waals surface area contributed by atoms with Gasteiger partial charge in [0.15, 0.2) is 11.6 Å². The second-order valence-electron chi connectivity index (χ2n) is 7.45. The van der Waals surface area contributed by atoms with Crippen LogP contribution >= 0.6 is 0 Å². The molecule has 2 aromatic rings. The van der Waals surface area contributed by atoms with Crippen molar-refractivity contribution in [2.75, 3.05) is 32.1 Å². The molecule has 1 aromatic carbocycles. The van der Waals surface area contributed by atoms with Crippen LogP contribution in [0.5, 0.6) is 5.75 Å². The van der Waals surface area contributed by atoms with Gasteiger partial charge in [0.1, 0.15) is 11.5 Å². The Morgan fingerprint density at radius 2 is 1.96 bits per heavy atom. The lowest BCUT2D eigenvalue weighted by molar-refractivity contribution is -0.117. The van der Waals surface area contributed by atoms with E-state index in [1.807, 2.05) is 30.9 Å². The van der Waals surface area contributed by atoms with Crippen LogP contribution in [-0.4, -0.2) is 48.5 Å². The first-order chi connectivity index (χ1) is 13.4. The van der Waals surface area contributed by atoms with Gasteiger partial charge in [-0.15, -0.1) is 0 Å². The van der Waals surface area contributed by atoms with Crippen LogP contribution in [-0.2, 0) is 4.79 Å². The zero-order valence-corrected chi connectivity index (χ0v) is 16.9. The fourth-order valence-electron chi connectivity index (χ4n) is 3.87. The molecule has 28 heavy (non-hydrogen) atoms. The highest BCUT2D eigenvalue weighted by Gasteiger charge is 2.28. The third-order valence-corrected chi connectivity index (χ3v) is 5.09. The van der Waals surface area contributed by atoms with E-state index in [0.29, 0.717) is 23.7 Å². The maximum absolute atomic E-state index is 13.0. The molecule has 0 bridgehead atoms. The van der Waals surface area contributed by atoms with E-state index < -0.39 is 0 Å². The summed E-state index contributed by atoms with van der Waals surface area (Å²) in [7, 11) is 1.64. The number of carbonyl (C=O) groups is 2. The molecule has 1 saturated heterocycles. The largest absolute Gasteiger partial charge is 0.496 e. The number of carbonyl (C=O) groups excluding carboxylic acids is 2. The van der Waals surface area contributed by atoms with E-state index in [2.05, 4.69) is 10.5 Å². The Labute approximate surface area is 165 Å². The molecule has 1 aliphatic rings. The van der Waals surface area contributed by atoms with Crippen LogP contribution < -0.4 is 10.1 Å². The quantitative estimate of drug-likeness (QED) is 0.769. The first kappa shape index (κ1) is 20.1. The minimum absolute atomic E-state index is 0.108. The average Bonchev–Trinajstić information content (AvgIpc) is 3.05. The minimum Gasteiger partial charge on any atom is -0.496 e. The molecular weight excluding hydrogens is 358 g/mol. The number of likely N-dealkylation sites (tertiary alicyclic amines) is 1. The highest BCUT2D eigenvalue weighted by atomic mass is 16.5. The first-order valence-electron chi connectivity index (χ1n) is 9.52. The Bertz CT molecular complexity index is 851. The topological polar surface area (TPSA) is 84.7 Å². The van der Waals surface area contributed by atoms with Gasteiger partial charge in [0.05, 0.1) is 13.7 Å².